The van der Waals surface area contributed by atoms with E-state index in [4.69, 9.17) is 0 Å². The molecule has 1 rings (SSSR count). The number of allylic oxidation sites excluding steroid dienone is 6. The molecule has 0 aromatic heterocycles. The summed E-state index contributed by atoms with van der Waals surface area (Å²) in [4.78, 5) is 0. The number of rotatable bonds is 0. The van der Waals surface area contributed by atoms with Gasteiger partial charge < -0.3 is 0 Å². The van der Waals surface area contributed by atoms with Crippen molar-refractivity contribution in [3.8, 4) is 0 Å². The van der Waals surface area contributed by atoms with Crippen molar-refractivity contribution < 1.29 is 0 Å². The minimum absolute atomic E-state index is 1.14. The third kappa shape index (κ3) is 4.95. The highest BCUT2D eigenvalue weighted by Crippen LogP contribution is 2.03. The molecule has 12 heavy (non-hydrogen) atoms. The van der Waals surface area contributed by atoms with E-state index in [-0.39, 0.29) is 0 Å². The first-order chi connectivity index (χ1) is 6.00. The summed E-state index contributed by atoms with van der Waals surface area (Å²) in [6.45, 7) is 0. The lowest BCUT2D eigenvalue weighted by Crippen LogP contribution is -1.74. The van der Waals surface area contributed by atoms with Crippen LogP contribution in [0.2, 0.25) is 0 Å². The molecule has 0 nitrogen and oxygen atoms in total. The SMILES string of the molecule is [C]1=C/CC/C=C/C=C\CCCC/1. The van der Waals surface area contributed by atoms with Crippen LogP contribution in [0.1, 0.15) is 38.5 Å². The van der Waals surface area contributed by atoms with Crippen LogP contribution in [0.5, 0.6) is 0 Å². The van der Waals surface area contributed by atoms with Gasteiger partial charge in [-0.3, -0.25) is 0 Å². The van der Waals surface area contributed by atoms with Crippen LogP contribution >= 0.6 is 0 Å². The summed E-state index contributed by atoms with van der Waals surface area (Å²) in [5.41, 5.74) is 0. The standard InChI is InChI=1S/C12H17/c1-2-4-6-8-10-12-11-9-7-5-3-1/h1-4,9H,5-8,10,12H2/b3-1+,4-2-,11-9?. The summed E-state index contributed by atoms with van der Waals surface area (Å²) < 4.78 is 0. The third-order valence-electron chi connectivity index (χ3n) is 1.95. The molecule has 0 saturated heterocycles. The smallest absolute Gasteiger partial charge is 0.0279 e. The van der Waals surface area contributed by atoms with Crippen molar-refractivity contribution in [2.75, 3.05) is 0 Å². The Morgan fingerprint density at radius 3 is 2.58 bits per heavy atom. The summed E-state index contributed by atoms with van der Waals surface area (Å²) >= 11 is 0. The van der Waals surface area contributed by atoms with E-state index in [0.717, 1.165) is 19.3 Å². The summed E-state index contributed by atoms with van der Waals surface area (Å²) in [6.07, 6.45) is 21.5. The Morgan fingerprint density at radius 2 is 1.67 bits per heavy atom. The van der Waals surface area contributed by atoms with E-state index < -0.39 is 0 Å². The van der Waals surface area contributed by atoms with Gasteiger partial charge in [-0.2, -0.15) is 0 Å². The Morgan fingerprint density at radius 1 is 0.833 bits per heavy atom. The van der Waals surface area contributed by atoms with Crippen molar-refractivity contribution in [2.45, 2.75) is 38.5 Å². The predicted molar refractivity (Wildman–Crippen MR) is 53.8 cm³/mol. The molecule has 0 aliphatic heterocycles. The zero-order chi connectivity index (χ0) is 8.49. The summed E-state index contributed by atoms with van der Waals surface area (Å²) in [7, 11) is 0. The summed E-state index contributed by atoms with van der Waals surface area (Å²) in [5.74, 6) is 0. The van der Waals surface area contributed by atoms with E-state index in [9.17, 15) is 0 Å². The number of hydrogen-bond acceptors (Lipinski definition) is 0. The lowest BCUT2D eigenvalue weighted by molar-refractivity contribution is 0.751. The van der Waals surface area contributed by atoms with Gasteiger partial charge in [0.2, 0.25) is 0 Å². The van der Waals surface area contributed by atoms with E-state index in [0.29, 0.717) is 0 Å². The Bertz CT molecular complexity index is 172. The van der Waals surface area contributed by atoms with Gasteiger partial charge in [-0.25, -0.2) is 0 Å². The molecule has 0 unspecified atom stereocenters. The zero-order valence-corrected chi connectivity index (χ0v) is 7.63. The fourth-order valence-electron chi connectivity index (χ4n) is 1.22. The Labute approximate surface area is 75.7 Å². The van der Waals surface area contributed by atoms with Gasteiger partial charge >= 0.3 is 0 Å². The highest BCUT2D eigenvalue weighted by molar-refractivity contribution is 5.02. The minimum atomic E-state index is 1.14. The van der Waals surface area contributed by atoms with E-state index in [1.165, 1.54) is 19.3 Å². The van der Waals surface area contributed by atoms with Crippen molar-refractivity contribution in [3.63, 3.8) is 0 Å². The van der Waals surface area contributed by atoms with Crippen molar-refractivity contribution in [2.24, 2.45) is 0 Å². The molecule has 65 valence electrons. The van der Waals surface area contributed by atoms with Crippen molar-refractivity contribution in [1.29, 1.82) is 0 Å². The van der Waals surface area contributed by atoms with Crippen LogP contribution in [0.4, 0.5) is 0 Å². The molecule has 1 aliphatic carbocycles. The van der Waals surface area contributed by atoms with Crippen LogP contribution in [0.3, 0.4) is 0 Å². The lowest BCUT2D eigenvalue weighted by atomic mass is 10.1. The van der Waals surface area contributed by atoms with Gasteiger partial charge in [-0.15, -0.1) is 0 Å². The fourth-order valence-corrected chi connectivity index (χ4v) is 1.22. The number of hydrogen-bond donors (Lipinski definition) is 0. The molecular weight excluding hydrogens is 144 g/mol. The van der Waals surface area contributed by atoms with Gasteiger partial charge in [0.1, 0.15) is 0 Å². The second-order valence-corrected chi connectivity index (χ2v) is 3.09. The monoisotopic (exact) mass is 161 g/mol. The van der Waals surface area contributed by atoms with E-state index >= 15 is 0 Å². The van der Waals surface area contributed by atoms with Crippen LogP contribution in [-0.4, -0.2) is 0 Å². The molecule has 0 saturated carbocycles. The first-order valence-electron chi connectivity index (χ1n) is 4.87. The van der Waals surface area contributed by atoms with Gasteiger partial charge in [0, 0.05) is 0 Å². The highest BCUT2D eigenvalue weighted by atomic mass is 13.9. The highest BCUT2D eigenvalue weighted by Gasteiger charge is 1.84. The largest absolute Gasteiger partial charge is 0.0845 e. The molecule has 0 N–H and O–H groups in total. The molecule has 0 aromatic carbocycles. The minimum Gasteiger partial charge on any atom is -0.0845 e. The molecule has 0 heterocycles. The topological polar surface area (TPSA) is 0 Å². The van der Waals surface area contributed by atoms with Gasteiger partial charge in [-0.05, 0) is 44.6 Å². The summed E-state index contributed by atoms with van der Waals surface area (Å²) in [6, 6.07) is 0. The first-order valence-corrected chi connectivity index (χ1v) is 4.87. The molecule has 0 heteroatoms. The molecule has 0 aromatic rings. The zero-order valence-electron chi connectivity index (χ0n) is 7.63. The maximum atomic E-state index is 3.32. The van der Waals surface area contributed by atoms with Crippen molar-refractivity contribution in [3.05, 3.63) is 36.5 Å². The average Bonchev–Trinajstić information content (AvgIpc) is 2.05. The average molecular weight is 161 g/mol. The van der Waals surface area contributed by atoms with E-state index in [2.05, 4.69) is 36.5 Å². The Kier molecular flexibility index (Phi) is 5.35. The fraction of sp³-hybridized carbons (Fsp3) is 0.500. The molecule has 0 amide bonds. The van der Waals surface area contributed by atoms with Crippen LogP contribution in [0, 0.1) is 6.08 Å². The van der Waals surface area contributed by atoms with Gasteiger partial charge in [0.25, 0.3) is 0 Å². The molecule has 1 aliphatic rings. The van der Waals surface area contributed by atoms with Crippen LogP contribution in [0.25, 0.3) is 0 Å². The quantitative estimate of drug-likeness (QED) is 0.506. The van der Waals surface area contributed by atoms with Crippen molar-refractivity contribution >= 4 is 0 Å². The van der Waals surface area contributed by atoms with Gasteiger partial charge in [0.15, 0.2) is 0 Å². The van der Waals surface area contributed by atoms with E-state index in [1.807, 2.05) is 0 Å². The second kappa shape index (κ2) is 6.90. The maximum Gasteiger partial charge on any atom is -0.0279 e. The molecule has 0 atom stereocenters. The second-order valence-electron chi connectivity index (χ2n) is 3.09. The van der Waals surface area contributed by atoms with Crippen LogP contribution in [-0.2, 0) is 0 Å². The molecule has 1 radical (unpaired) electrons. The normalized spacial score (nSPS) is 28.0. The predicted octanol–water partition coefficient (Wildman–Crippen LogP) is 3.81. The van der Waals surface area contributed by atoms with Crippen LogP contribution < -0.4 is 0 Å². The van der Waals surface area contributed by atoms with Crippen LogP contribution in [0.15, 0.2) is 30.4 Å². The molecule has 0 spiro atoms. The Hall–Kier alpha value is -0.780. The van der Waals surface area contributed by atoms with E-state index in [1.54, 1.807) is 0 Å². The third-order valence-corrected chi connectivity index (χ3v) is 1.95. The molecular formula is C12H17. The molecule has 0 bridgehead atoms. The van der Waals surface area contributed by atoms with Crippen molar-refractivity contribution in [1.82, 2.24) is 0 Å². The summed E-state index contributed by atoms with van der Waals surface area (Å²) in [5, 5.41) is 0. The first kappa shape index (κ1) is 9.31. The molecule has 0 fully saturated rings. The lowest BCUT2D eigenvalue weighted by Gasteiger charge is -1.93. The van der Waals surface area contributed by atoms with Gasteiger partial charge in [-0.1, -0.05) is 30.4 Å². The van der Waals surface area contributed by atoms with Gasteiger partial charge in [0.05, 0.1) is 0 Å². The maximum absolute atomic E-state index is 3.32. The Balaban J connectivity index is 2.31.